The first kappa shape index (κ1) is 11.5. The second-order valence-electron chi connectivity index (χ2n) is 4.05. The lowest BCUT2D eigenvalue weighted by Crippen LogP contribution is -2.52. The van der Waals surface area contributed by atoms with E-state index in [0.29, 0.717) is 5.69 Å². The first-order chi connectivity index (χ1) is 7.65. The van der Waals surface area contributed by atoms with Crippen LogP contribution in [0.5, 0.6) is 0 Å². The van der Waals surface area contributed by atoms with E-state index in [1.165, 1.54) is 11.5 Å². The summed E-state index contributed by atoms with van der Waals surface area (Å²) in [4.78, 5) is 15.1. The molecule has 16 heavy (non-hydrogen) atoms. The Labute approximate surface area is 99.2 Å². The lowest BCUT2D eigenvalue weighted by molar-refractivity contribution is 0.0659. The molecule has 2 rings (SSSR count). The summed E-state index contributed by atoms with van der Waals surface area (Å²) in [6.45, 7) is 5.65. The number of rotatable bonds is 2. The Balaban J connectivity index is 1.88. The summed E-state index contributed by atoms with van der Waals surface area (Å²) in [5.41, 5.74) is 3.40. The van der Waals surface area contributed by atoms with Gasteiger partial charge in [0.1, 0.15) is 5.69 Å². The monoisotopic (exact) mass is 240 g/mol. The topological polar surface area (TPSA) is 48.5 Å². The molecular formula is C10H16N4OS. The minimum atomic E-state index is -0.103. The lowest BCUT2D eigenvalue weighted by atomic mass is 10.3. The summed E-state index contributed by atoms with van der Waals surface area (Å²) in [5.74, 6) is -0.103. The molecule has 88 valence electrons. The maximum atomic E-state index is 11.8. The van der Waals surface area contributed by atoms with E-state index >= 15 is 0 Å². The van der Waals surface area contributed by atoms with Crippen molar-refractivity contribution in [3.8, 4) is 0 Å². The highest BCUT2D eigenvalue weighted by Gasteiger charge is 2.17. The van der Waals surface area contributed by atoms with E-state index in [0.717, 1.165) is 31.1 Å². The summed E-state index contributed by atoms with van der Waals surface area (Å²) in [6.07, 6.45) is 0. The summed E-state index contributed by atoms with van der Waals surface area (Å²) in [5, 5.41) is 1.96. The summed E-state index contributed by atoms with van der Waals surface area (Å²) in [6, 6.07) is 1.82. The minimum Gasteiger partial charge on any atom is -0.304 e. The highest BCUT2D eigenvalue weighted by Crippen LogP contribution is 2.08. The van der Waals surface area contributed by atoms with Gasteiger partial charge in [-0.05, 0) is 31.6 Å². The molecule has 5 nitrogen and oxygen atoms in total. The number of aromatic nitrogens is 1. The zero-order valence-electron chi connectivity index (χ0n) is 9.56. The number of nitrogens with one attached hydrogen (secondary N) is 1. The van der Waals surface area contributed by atoms with Gasteiger partial charge in [0.05, 0.1) is 0 Å². The molecule has 1 aromatic rings. The fraction of sp³-hybridized carbons (Fsp3) is 0.600. The minimum absolute atomic E-state index is 0.103. The van der Waals surface area contributed by atoms with Crippen molar-refractivity contribution < 1.29 is 4.79 Å². The van der Waals surface area contributed by atoms with E-state index in [2.05, 4.69) is 21.7 Å². The molecule has 0 unspecified atom stereocenters. The zero-order chi connectivity index (χ0) is 11.5. The molecule has 2 heterocycles. The maximum Gasteiger partial charge on any atom is 0.285 e. The molecule has 6 heteroatoms. The van der Waals surface area contributed by atoms with Gasteiger partial charge in [0.15, 0.2) is 0 Å². The van der Waals surface area contributed by atoms with Crippen LogP contribution in [0, 0.1) is 6.92 Å². The van der Waals surface area contributed by atoms with Gasteiger partial charge >= 0.3 is 0 Å². The largest absolute Gasteiger partial charge is 0.304 e. The normalized spacial score (nSPS) is 18.6. The van der Waals surface area contributed by atoms with Gasteiger partial charge in [0.25, 0.3) is 5.91 Å². The number of hydrogen-bond donors (Lipinski definition) is 1. The predicted octanol–water partition coefficient (Wildman–Crippen LogP) is 0.344. The molecule has 0 atom stereocenters. The molecule has 0 spiro atoms. The second-order valence-corrected chi connectivity index (χ2v) is 5.06. The summed E-state index contributed by atoms with van der Waals surface area (Å²) in [7, 11) is 2.09. The van der Waals surface area contributed by atoms with Crippen LogP contribution in [0.3, 0.4) is 0 Å². The molecule has 0 radical (unpaired) electrons. The van der Waals surface area contributed by atoms with Gasteiger partial charge in [-0.2, -0.15) is 4.37 Å². The van der Waals surface area contributed by atoms with Gasteiger partial charge in [0.2, 0.25) is 0 Å². The number of likely N-dealkylation sites (N-methyl/N-ethyl adjacent to an activating group) is 1. The Morgan fingerprint density at radius 2 is 2.12 bits per heavy atom. The number of amides is 1. The number of hydrogen-bond acceptors (Lipinski definition) is 5. The van der Waals surface area contributed by atoms with Gasteiger partial charge in [-0.25, -0.2) is 5.01 Å². The maximum absolute atomic E-state index is 11.8. The van der Waals surface area contributed by atoms with Crippen LogP contribution in [-0.2, 0) is 0 Å². The zero-order valence-corrected chi connectivity index (χ0v) is 10.4. The Morgan fingerprint density at radius 1 is 1.44 bits per heavy atom. The standard InChI is InChI=1S/C10H16N4OS/c1-8-7-9(12-16-8)10(15)11-14-5-3-13(2)4-6-14/h7H,3-6H2,1-2H3,(H,11,15). The van der Waals surface area contributed by atoms with Crippen LogP contribution in [-0.4, -0.2) is 53.4 Å². The molecular weight excluding hydrogens is 224 g/mol. The van der Waals surface area contributed by atoms with Crippen molar-refractivity contribution in [3.63, 3.8) is 0 Å². The van der Waals surface area contributed by atoms with E-state index < -0.39 is 0 Å². The van der Waals surface area contributed by atoms with Crippen molar-refractivity contribution in [1.29, 1.82) is 0 Å². The Kier molecular flexibility index (Phi) is 3.52. The molecule has 1 aliphatic rings. The van der Waals surface area contributed by atoms with Crippen LogP contribution in [0.4, 0.5) is 0 Å². The first-order valence-electron chi connectivity index (χ1n) is 5.33. The Morgan fingerprint density at radius 3 is 2.69 bits per heavy atom. The second kappa shape index (κ2) is 4.90. The molecule has 1 fully saturated rings. The quantitative estimate of drug-likeness (QED) is 0.810. The third-order valence-electron chi connectivity index (χ3n) is 2.62. The van der Waals surface area contributed by atoms with E-state index in [1.807, 2.05) is 18.0 Å². The van der Waals surface area contributed by atoms with Crippen LogP contribution < -0.4 is 5.43 Å². The highest BCUT2D eigenvalue weighted by molar-refractivity contribution is 7.05. The van der Waals surface area contributed by atoms with Crippen molar-refractivity contribution in [2.24, 2.45) is 0 Å². The van der Waals surface area contributed by atoms with Gasteiger partial charge in [-0.3, -0.25) is 10.2 Å². The third-order valence-corrected chi connectivity index (χ3v) is 3.32. The van der Waals surface area contributed by atoms with Gasteiger partial charge in [-0.1, -0.05) is 0 Å². The molecule has 1 aliphatic heterocycles. The molecule has 1 N–H and O–H groups in total. The molecule has 0 saturated carbocycles. The smallest absolute Gasteiger partial charge is 0.285 e. The fourth-order valence-corrected chi connectivity index (χ4v) is 2.13. The van der Waals surface area contributed by atoms with Crippen LogP contribution >= 0.6 is 11.5 Å². The number of hydrazine groups is 1. The molecule has 0 bridgehead atoms. The number of aryl methyl sites for hydroxylation is 1. The lowest BCUT2D eigenvalue weighted by Gasteiger charge is -2.32. The van der Waals surface area contributed by atoms with Crippen molar-refractivity contribution in [1.82, 2.24) is 19.7 Å². The van der Waals surface area contributed by atoms with Crippen LogP contribution in [0.1, 0.15) is 15.4 Å². The number of nitrogens with zero attached hydrogens (tertiary/aromatic N) is 3. The fourth-order valence-electron chi connectivity index (χ4n) is 1.59. The molecule has 1 saturated heterocycles. The Hall–Kier alpha value is -0.980. The van der Waals surface area contributed by atoms with Gasteiger partial charge in [-0.15, -0.1) is 0 Å². The SMILES string of the molecule is Cc1cc(C(=O)NN2CCN(C)CC2)ns1. The van der Waals surface area contributed by atoms with Crippen LogP contribution in [0.15, 0.2) is 6.07 Å². The van der Waals surface area contributed by atoms with Crippen LogP contribution in [0.2, 0.25) is 0 Å². The van der Waals surface area contributed by atoms with Crippen molar-refractivity contribution in [2.45, 2.75) is 6.92 Å². The van der Waals surface area contributed by atoms with Crippen LogP contribution in [0.25, 0.3) is 0 Å². The van der Waals surface area contributed by atoms with E-state index in [-0.39, 0.29) is 5.91 Å². The predicted molar refractivity (Wildman–Crippen MR) is 63.4 cm³/mol. The molecule has 0 aromatic carbocycles. The highest BCUT2D eigenvalue weighted by atomic mass is 32.1. The first-order valence-corrected chi connectivity index (χ1v) is 6.10. The van der Waals surface area contributed by atoms with E-state index in [9.17, 15) is 4.79 Å². The number of piperazine rings is 1. The van der Waals surface area contributed by atoms with Gasteiger partial charge < -0.3 is 4.90 Å². The summed E-state index contributed by atoms with van der Waals surface area (Å²) < 4.78 is 4.09. The Bertz CT molecular complexity index is 371. The average Bonchev–Trinajstić information content (AvgIpc) is 2.68. The van der Waals surface area contributed by atoms with E-state index in [1.54, 1.807) is 0 Å². The molecule has 0 aliphatic carbocycles. The van der Waals surface area contributed by atoms with Crippen molar-refractivity contribution >= 4 is 17.4 Å². The number of carbonyl (C=O) groups excluding carboxylic acids is 1. The summed E-state index contributed by atoms with van der Waals surface area (Å²) >= 11 is 1.36. The van der Waals surface area contributed by atoms with Crippen molar-refractivity contribution in [3.05, 3.63) is 16.6 Å². The van der Waals surface area contributed by atoms with E-state index in [4.69, 9.17) is 0 Å². The molecule has 1 amide bonds. The van der Waals surface area contributed by atoms with Gasteiger partial charge in [0, 0.05) is 31.1 Å². The van der Waals surface area contributed by atoms with Crippen molar-refractivity contribution in [2.75, 3.05) is 33.2 Å². The molecule has 1 aromatic heterocycles. The number of carbonyl (C=O) groups is 1. The third kappa shape index (κ3) is 2.78. The average molecular weight is 240 g/mol.